The number of carbonyl (C=O) groups is 4. The van der Waals surface area contributed by atoms with Crippen molar-refractivity contribution in [2.45, 2.75) is 148 Å². The van der Waals surface area contributed by atoms with Crippen molar-refractivity contribution in [3.63, 3.8) is 0 Å². The minimum Gasteiger partial charge on any atom is -0.480 e. The van der Waals surface area contributed by atoms with Crippen molar-refractivity contribution >= 4 is 31.5 Å². The minimum atomic E-state index is -4.78. The number of aliphatic carboxylic acids is 1. The van der Waals surface area contributed by atoms with E-state index < -0.39 is 63.8 Å². The van der Waals surface area contributed by atoms with Gasteiger partial charge in [-0.15, -0.1) is 0 Å². The first-order valence-corrected chi connectivity index (χ1v) is 23.2. The molecule has 1 rings (SSSR count). The highest BCUT2D eigenvalue weighted by molar-refractivity contribution is 7.47. The van der Waals surface area contributed by atoms with Crippen LogP contribution in [0.3, 0.4) is 0 Å². The lowest BCUT2D eigenvalue weighted by Crippen LogP contribution is -2.34. The van der Waals surface area contributed by atoms with Crippen molar-refractivity contribution < 1.29 is 57.4 Å². The molecule has 13 nitrogen and oxygen atoms in total. The number of aliphatic hydroxyl groups excluding tert-OH is 1. The lowest BCUT2D eigenvalue weighted by Gasteiger charge is -2.20. The van der Waals surface area contributed by atoms with E-state index in [-0.39, 0.29) is 30.5 Å². The fraction of sp³-hybridized carbons (Fsp3) is 0.609. The van der Waals surface area contributed by atoms with Crippen LogP contribution in [0.2, 0.25) is 0 Å². The average molecular weight is 862 g/mol. The molecule has 0 spiro atoms. The summed E-state index contributed by atoms with van der Waals surface area (Å²) in [5.74, 6) is -2.89. The SMILES string of the molecule is CC/C=C\C/C=C\C/C=C\C/C=C\CCCCCCC(=O)O[C@H](COC(=O)CCC/C=C\C[C@H]1C=CC(=O)[C@@H]1/C=C/[C@@H](O)CCCCC)COP(=O)(O)OC[C@H](N)C(=O)O. The Hall–Kier alpha value is -3.71. The van der Waals surface area contributed by atoms with Crippen LogP contribution in [0.5, 0.6) is 0 Å². The van der Waals surface area contributed by atoms with Crippen LogP contribution in [0, 0.1) is 11.8 Å². The van der Waals surface area contributed by atoms with E-state index >= 15 is 0 Å². The van der Waals surface area contributed by atoms with Crippen LogP contribution < -0.4 is 5.73 Å². The van der Waals surface area contributed by atoms with Gasteiger partial charge in [0.15, 0.2) is 11.9 Å². The van der Waals surface area contributed by atoms with Crippen LogP contribution in [0.1, 0.15) is 129 Å². The van der Waals surface area contributed by atoms with E-state index in [4.69, 9.17) is 24.8 Å². The standard InChI is InChI=1S/C46H72NO12P/c1-3-5-7-8-9-10-11-12-13-14-15-16-17-18-19-20-26-30-45(51)59-40(36-57-60(54,55)58-37-42(47)46(52)53)35-56-44(50)29-25-22-21-24-27-38-31-34-43(49)41(38)33-32-39(48)28-23-6-4-2/h5,7,9-10,12-13,15-16,21,24,31-34,38-42,48H,3-4,6,8,11,14,17-20,22-23,25-30,35-37,47H2,1-2H3,(H,52,53)(H,54,55)/b7-5-,10-9-,13-12-,16-15-,24-21-,33-32+/t38-,39-,40+,41+,42-/m0/s1. The number of aliphatic hydroxyl groups is 1. The van der Waals surface area contributed by atoms with Gasteiger partial charge < -0.3 is 30.3 Å². The third-order valence-electron chi connectivity index (χ3n) is 9.38. The molecule has 1 aliphatic carbocycles. The number of carbonyl (C=O) groups excluding carboxylic acids is 3. The Bertz CT molecular complexity index is 1480. The van der Waals surface area contributed by atoms with Crippen LogP contribution >= 0.6 is 7.82 Å². The quantitative estimate of drug-likeness (QED) is 0.0201. The summed E-state index contributed by atoms with van der Waals surface area (Å²) in [4.78, 5) is 58.5. The van der Waals surface area contributed by atoms with E-state index in [1.165, 1.54) is 0 Å². The van der Waals surface area contributed by atoms with Crippen molar-refractivity contribution in [1.29, 1.82) is 0 Å². The predicted octanol–water partition coefficient (Wildman–Crippen LogP) is 9.12. The molecule has 0 aromatic rings. The molecule has 0 saturated carbocycles. The lowest BCUT2D eigenvalue weighted by atomic mass is 9.90. The Morgan fingerprint density at radius 1 is 0.783 bits per heavy atom. The molecule has 14 heteroatoms. The summed E-state index contributed by atoms with van der Waals surface area (Å²) in [6.45, 7) is 2.34. The summed E-state index contributed by atoms with van der Waals surface area (Å²) in [6.07, 6.45) is 39.9. The fourth-order valence-corrected chi connectivity index (χ4v) is 6.65. The van der Waals surface area contributed by atoms with Gasteiger partial charge in [0.25, 0.3) is 0 Å². The maximum absolute atomic E-state index is 12.7. The van der Waals surface area contributed by atoms with E-state index in [9.17, 15) is 33.7 Å². The van der Waals surface area contributed by atoms with Crippen LogP contribution in [0.25, 0.3) is 0 Å². The minimum absolute atomic E-state index is 0.00481. The summed E-state index contributed by atoms with van der Waals surface area (Å²) in [5.41, 5.74) is 5.33. The Morgan fingerprint density at radius 3 is 2.08 bits per heavy atom. The molecule has 0 aliphatic heterocycles. The Morgan fingerprint density at radius 2 is 1.40 bits per heavy atom. The number of nitrogens with two attached hydrogens (primary N) is 1. The molecule has 1 unspecified atom stereocenters. The molecule has 6 atom stereocenters. The molecule has 60 heavy (non-hydrogen) atoms. The van der Waals surface area contributed by atoms with Gasteiger partial charge in [-0.1, -0.05) is 125 Å². The van der Waals surface area contributed by atoms with Crippen LogP contribution in [0.15, 0.2) is 85.1 Å². The van der Waals surface area contributed by atoms with Crippen molar-refractivity contribution in [3.8, 4) is 0 Å². The Labute approximate surface area is 358 Å². The molecule has 0 aromatic carbocycles. The number of unbranched alkanes of at least 4 members (excludes halogenated alkanes) is 7. The number of carboxylic acids is 1. The van der Waals surface area contributed by atoms with Crippen molar-refractivity contribution in [3.05, 3.63) is 85.1 Å². The Kier molecular flexibility index (Phi) is 31.6. The summed E-state index contributed by atoms with van der Waals surface area (Å²) in [7, 11) is -4.78. The Balaban J connectivity index is 2.49. The summed E-state index contributed by atoms with van der Waals surface area (Å²) < 4.78 is 32.6. The summed E-state index contributed by atoms with van der Waals surface area (Å²) in [5, 5.41) is 19.1. The zero-order valence-electron chi connectivity index (χ0n) is 35.9. The van der Waals surface area contributed by atoms with Crippen molar-refractivity contribution in [2.75, 3.05) is 19.8 Å². The van der Waals surface area contributed by atoms with Crippen LogP contribution in [-0.2, 0) is 42.3 Å². The highest BCUT2D eigenvalue weighted by Gasteiger charge is 2.29. The number of allylic oxidation sites excluding steroid dienone is 13. The third-order valence-corrected chi connectivity index (χ3v) is 10.3. The largest absolute Gasteiger partial charge is 0.480 e. The first-order chi connectivity index (χ1) is 28.9. The van der Waals surface area contributed by atoms with Crippen molar-refractivity contribution in [1.82, 2.24) is 0 Å². The number of ether oxygens (including phenoxy) is 2. The molecular weight excluding hydrogens is 789 g/mol. The molecule has 0 amide bonds. The first-order valence-electron chi connectivity index (χ1n) is 21.7. The van der Waals surface area contributed by atoms with Gasteiger partial charge in [-0.3, -0.25) is 28.2 Å². The van der Waals surface area contributed by atoms with E-state index in [1.807, 2.05) is 18.2 Å². The zero-order valence-corrected chi connectivity index (χ0v) is 36.8. The first kappa shape index (κ1) is 54.3. The molecule has 0 saturated heterocycles. The second kappa shape index (κ2) is 34.9. The zero-order chi connectivity index (χ0) is 44.3. The monoisotopic (exact) mass is 861 g/mol. The van der Waals surface area contributed by atoms with Gasteiger partial charge in [-0.2, -0.15) is 0 Å². The molecule has 0 radical (unpaired) electrons. The average Bonchev–Trinajstić information content (AvgIpc) is 3.57. The molecule has 0 fully saturated rings. The molecule has 0 heterocycles. The number of phosphoric acid groups is 1. The maximum Gasteiger partial charge on any atom is 0.472 e. The topological polar surface area (TPSA) is 209 Å². The highest BCUT2D eigenvalue weighted by atomic mass is 31.2. The van der Waals surface area contributed by atoms with Crippen LogP contribution in [0.4, 0.5) is 0 Å². The summed E-state index contributed by atoms with van der Waals surface area (Å²) >= 11 is 0. The second-order valence-corrected chi connectivity index (χ2v) is 16.2. The van der Waals surface area contributed by atoms with Crippen LogP contribution in [-0.4, -0.2) is 76.9 Å². The maximum atomic E-state index is 12.7. The molecular formula is C46H72NO12P. The predicted molar refractivity (Wildman–Crippen MR) is 235 cm³/mol. The number of rotatable bonds is 36. The number of hydrogen-bond acceptors (Lipinski definition) is 11. The number of phosphoric ester groups is 1. The van der Waals surface area contributed by atoms with Gasteiger partial charge in [-0.25, -0.2) is 4.57 Å². The number of carboxylic acid groups (broad SMARTS) is 1. The lowest BCUT2D eigenvalue weighted by molar-refractivity contribution is -0.161. The molecule has 5 N–H and O–H groups in total. The molecule has 0 bridgehead atoms. The molecule has 0 aromatic heterocycles. The van der Waals surface area contributed by atoms with E-state index in [1.54, 1.807) is 18.2 Å². The van der Waals surface area contributed by atoms with Gasteiger partial charge in [0.05, 0.1) is 19.3 Å². The fourth-order valence-electron chi connectivity index (χ4n) is 5.87. The normalized spacial score (nSPS) is 18.4. The van der Waals surface area contributed by atoms with E-state index in [0.717, 1.165) is 70.6 Å². The highest BCUT2D eigenvalue weighted by Crippen LogP contribution is 2.43. The van der Waals surface area contributed by atoms with Crippen molar-refractivity contribution in [2.24, 2.45) is 17.6 Å². The van der Waals surface area contributed by atoms with E-state index in [0.29, 0.717) is 32.1 Å². The second-order valence-electron chi connectivity index (χ2n) is 14.8. The molecule has 1 aliphatic rings. The van der Waals surface area contributed by atoms with Gasteiger partial charge in [0.2, 0.25) is 0 Å². The third kappa shape index (κ3) is 29.5. The van der Waals surface area contributed by atoms with E-state index in [2.05, 4.69) is 67.0 Å². The molecule has 338 valence electrons. The van der Waals surface area contributed by atoms with Gasteiger partial charge in [0, 0.05) is 18.8 Å². The number of ketones is 1. The number of hydrogen-bond donors (Lipinski definition) is 4. The van der Waals surface area contributed by atoms with Gasteiger partial charge in [0.1, 0.15) is 12.6 Å². The number of esters is 2. The van der Waals surface area contributed by atoms with Gasteiger partial charge >= 0.3 is 25.7 Å². The van der Waals surface area contributed by atoms with Gasteiger partial charge in [-0.05, 0) is 82.6 Å². The summed E-state index contributed by atoms with van der Waals surface area (Å²) in [6, 6.07) is -1.56. The smallest absolute Gasteiger partial charge is 0.472 e.